The molecule has 0 spiro atoms. The average molecular weight is 326 g/mol. The summed E-state index contributed by atoms with van der Waals surface area (Å²) in [6.45, 7) is 0.537. The van der Waals surface area contributed by atoms with Crippen LogP contribution < -0.4 is 10.1 Å². The predicted molar refractivity (Wildman–Crippen MR) is 76.2 cm³/mol. The summed E-state index contributed by atoms with van der Waals surface area (Å²) in [6, 6.07) is 9.30. The molecule has 1 aromatic carbocycles. The van der Waals surface area contributed by atoms with Gasteiger partial charge in [0.2, 0.25) is 0 Å². The van der Waals surface area contributed by atoms with Crippen LogP contribution in [-0.4, -0.2) is 13.0 Å². The molecule has 2 rings (SSSR count). The molecule has 94 valence electrons. The van der Waals surface area contributed by atoms with Gasteiger partial charge in [0.15, 0.2) is 0 Å². The van der Waals surface area contributed by atoms with Crippen LogP contribution in [-0.2, 0) is 6.54 Å². The van der Waals surface area contributed by atoms with Crippen LogP contribution in [0.3, 0.4) is 0 Å². The van der Waals surface area contributed by atoms with Gasteiger partial charge in [-0.05, 0) is 29.6 Å². The van der Waals surface area contributed by atoms with Gasteiger partial charge in [-0.25, -0.2) is 0 Å². The Hall–Kier alpha value is -1.33. The minimum Gasteiger partial charge on any atom is -0.496 e. The number of hydrogen-bond donors (Lipinski definition) is 1. The lowest BCUT2D eigenvalue weighted by Gasteiger charge is -2.09. The summed E-state index contributed by atoms with van der Waals surface area (Å²) in [5.74, 6) is 0.431. The second-order valence-electron chi connectivity index (χ2n) is 3.61. The zero-order valence-corrected chi connectivity index (χ0v) is 12.2. The molecule has 1 amide bonds. The number of thiophene rings is 1. The number of rotatable bonds is 4. The molecule has 0 saturated heterocycles. The van der Waals surface area contributed by atoms with Gasteiger partial charge in [-0.1, -0.05) is 22.0 Å². The molecule has 1 aromatic heterocycles. The van der Waals surface area contributed by atoms with E-state index in [9.17, 15) is 4.79 Å². The van der Waals surface area contributed by atoms with Crippen molar-refractivity contribution in [3.63, 3.8) is 0 Å². The number of carbonyl (C=O) groups excluding carboxylic acids is 1. The highest BCUT2D eigenvalue weighted by molar-refractivity contribution is 9.10. The standard InChI is InChI=1S/C13H12BrNO2S/c1-17-12-7-9(14)4-5-11(12)13(16)15-8-10-3-2-6-18-10/h2-7H,8H2,1H3,(H,15,16). The normalized spacial score (nSPS) is 10.1. The van der Waals surface area contributed by atoms with E-state index in [4.69, 9.17) is 4.74 Å². The van der Waals surface area contributed by atoms with Crippen molar-refractivity contribution in [1.82, 2.24) is 5.32 Å². The summed E-state index contributed by atoms with van der Waals surface area (Å²) >= 11 is 4.97. The maximum atomic E-state index is 12.0. The average Bonchev–Trinajstić information content (AvgIpc) is 2.88. The summed E-state index contributed by atoms with van der Waals surface area (Å²) in [7, 11) is 1.55. The number of nitrogens with one attached hydrogen (secondary N) is 1. The van der Waals surface area contributed by atoms with Crippen LogP contribution in [0.1, 0.15) is 15.2 Å². The second kappa shape index (κ2) is 6.02. The van der Waals surface area contributed by atoms with E-state index in [1.807, 2.05) is 23.6 Å². The molecule has 0 aliphatic heterocycles. The van der Waals surface area contributed by atoms with Gasteiger partial charge in [0.25, 0.3) is 5.91 Å². The van der Waals surface area contributed by atoms with Crippen LogP contribution in [0.4, 0.5) is 0 Å². The number of hydrogen-bond acceptors (Lipinski definition) is 3. The van der Waals surface area contributed by atoms with E-state index in [-0.39, 0.29) is 5.91 Å². The Kier molecular flexibility index (Phi) is 4.38. The quantitative estimate of drug-likeness (QED) is 0.935. The summed E-state index contributed by atoms with van der Waals surface area (Å²) in [4.78, 5) is 13.2. The molecule has 18 heavy (non-hydrogen) atoms. The van der Waals surface area contributed by atoms with E-state index in [1.54, 1.807) is 30.6 Å². The highest BCUT2D eigenvalue weighted by Gasteiger charge is 2.12. The maximum absolute atomic E-state index is 12.0. The Morgan fingerprint density at radius 1 is 1.44 bits per heavy atom. The van der Waals surface area contributed by atoms with Gasteiger partial charge >= 0.3 is 0 Å². The van der Waals surface area contributed by atoms with Gasteiger partial charge in [0, 0.05) is 9.35 Å². The van der Waals surface area contributed by atoms with Crippen LogP contribution in [0.5, 0.6) is 5.75 Å². The zero-order valence-electron chi connectivity index (χ0n) is 9.77. The first-order valence-corrected chi connectivity index (χ1v) is 7.02. The molecule has 0 radical (unpaired) electrons. The van der Waals surface area contributed by atoms with Crippen molar-refractivity contribution in [3.8, 4) is 5.75 Å². The molecular formula is C13H12BrNO2S. The van der Waals surface area contributed by atoms with Crippen molar-refractivity contribution in [2.75, 3.05) is 7.11 Å². The molecule has 1 N–H and O–H groups in total. The third-order valence-corrected chi connectivity index (χ3v) is 3.78. The molecule has 1 heterocycles. The number of carbonyl (C=O) groups is 1. The number of ether oxygens (including phenoxy) is 1. The SMILES string of the molecule is COc1cc(Br)ccc1C(=O)NCc1cccs1. The van der Waals surface area contributed by atoms with Crippen LogP contribution >= 0.6 is 27.3 Å². The molecule has 0 unspecified atom stereocenters. The lowest BCUT2D eigenvalue weighted by atomic mass is 10.2. The van der Waals surface area contributed by atoms with Crippen LogP contribution in [0, 0.1) is 0 Å². The molecule has 2 aromatic rings. The molecule has 0 saturated carbocycles. The first kappa shape index (κ1) is 13.1. The van der Waals surface area contributed by atoms with Crippen molar-refractivity contribution in [2.45, 2.75) is 6.54 Å². The van der Waals surface area contributed by atoms with Crippen molar-refractivity contribution < 1.29 is 9.53 Å². The lowest BCUT2D eigenvalue weighted by Crippen LogP contribution is -2.22. The molecule has 3 nitrogen and oxygen atoms in total. The number of methoxy groups -OCH3 is 1. The van der Waals surface area contributed by atoms with Gasteiger partial charge in [-0.2, -0.15) is 0 Å². The molecular weight excluding hydrogens is 314 g/mol. The van der Waals surface area contributed by atoms with E-state index < -0.39 is 0 Å². The predicted octanol–water partition coefficient (Wildman–Crippen LogP) is 3.45. The van der Waals surface area contributed by atoms with E-state index in [0.29, 0.717) is 17.9 Å². The highest BCUT2D eigenvalue weighted by Crippen LogP contribution is 2.23. The van der Waals surface area contributed by atoms with Crippen molar-refractivity contribution in [2.24, 2.45) is 0 Å². The Morgan fingerprint density at radius 3 is 2.94 bits per heavy atom. The Bertz CT molecular complexity index is 540. The number of amides is 1. The monoisotopic (exact) mass is 325 g/mol. The molecule has 0 aliphatic carbocycles. The first-order valence-electron chi connectivity index (χ1n) is 5.35. The van der Waals surface area contributed by atoms with Crippen LogP contribution in [0.25, 0.3) is 0 Å². The van der Waals surface area contributed by atoms with Gasteiger partial charge in [0.05, 0.1) is 19.2 Å². The second-order valence-corrected chi connectivity index (χ2v) is 5.55. The smallest absolute Gasteiger partial charge is 0.255 e. The van der Waals surface area contributed by atoms with E-state index in [2.05, 4.69) is 21.2 Å². The third-order valence-electron chi connectivity index (χ3n) is 2.41. The maximum Gasteiger partial charge on any atom is 0.255 e. The van der Waals surface area contributed by atoms with Gasteiger partial charge < -0.3 is 10.1 Å². The fourth-order valence-electron chi connectivity index (χ4n) is 1.53. The minimum atomic E-state index is -0.132. The van der Waals surface area contributed by atoms with Gasteiger partial charge in [-0.3, -0.25) is 4.79 Å². The first-order chi connectivity index (χ1) is 8.70. The van der Waals surface area contributed by atoms with E-state index in [1.165, 1.54) is 0 Å². The summed E-state index contributed by atoms with van der Waals surface area (Å²) in [6.07, 6.45) is 0. The van der Waals surface area contributed by atoms with Crippen molar-refractivity contribution in [1.29, 1.82) is 0 Å². The van der Waals surface area contributed by atoms with Gasteiger partial charge in [-0.15, -0.1) is 11.3 Å². The topological polar surface area (TPSA) is 38.3 Å². The zero-order chi connectivity index (χ0) is 13.0. The number of halogens is 1. The summed E-state index contributed by atoms with van der Waals surface area (Å²) in [5, 5.41) is 4.86. The van der Waals surface area contributed by atoms with Crippen LogP contribution in [0.15, 0.2) is 40.2 Å². The molecule has 0 fully saturated rings. The summed E-state index contributed by atoms with van der Waals surface area (Å²) in [5.41, 5.74) is 0.539. The molecule has 5 heteroatoms. The number of benzene rings is 1. The van der Waals surface area contributed by atoms with E-state index >= 15 is 0 Å². The Labute approximate surface area is 118 Å². The molecule has 0 bridgehead atoms. The third kappa shape index (κ3) is 3.11. The Morgan fingerprint density at radius 2 is 2.28 bits per heavy atom. The van der Waals surface area contributed by atoms with Crippen LogP contribution in [0.2, 0.25) is 0 Å². The van der Waals surface area contributed by atoms with Crippen molar-refractivity contribution in [3.05, 3.63) is 50.6 Å². The van der Waals surface area contributed by atoms with Gasteiger partial charge in [0.1, 0.15) is 5.75 Å². The molecule has 0 aliphatic rings. The fraction of sp³-hybridized carbons (Fsp3) is 0.154. The highest BCUT2D eigenvalue weighted by atomic mass is 79.9. The fourth-order valence-corrected chi connectivity index (χ4v) is 2.51. The largest absolute Gasteiger partial charge is 0.496 e. The minimum absolute atomic E-state index is 0.132. The van der Waals surface area contributed by atoms with Crippen molar-refractivity contribution >= 4 is 33.2 Å². The Balaban J connectivity index is 2.09. The molecule has 0 atom stereocenters. The van der Waals surface area contributed by atoms with E-state index in [0.717, 1.165) is 9.35 Å². The summed E-state index contributed by atoms with van der Waals surface area (Å²) < 4.78 is 6.08. The lowest BCUT2D eigenvalue weighted by molar-refractivity contribution is 0.0948.